The molecule has 0 heterocycles. The molecule has 0 unspecified atom stereocenters. The summed E-state index contributed by atoms with van der Waals surface area (Å²) in [7, 11) is 0. The lowest BCUT2D eigenvalue weighted by molar-refractivity contribution is 1.54. The smallest absolute Gasteiger partial charge is 0.0142 e. The molecule has 0 atom stereocenters. The summed E-state index contributed by atoms with van der Waals surface area (Å²) in [5.41, 5.74) is 4.81. The normalized spacial score (nSPS) is 11.8. The van der Waals surface area contributed by atoms with Crippen molar-refractivity contribution < 1.29 is 0 Å². The minimum absolute atomic E-state index is 1.14. The Labute approximate surface area is 134 Å². The van der Waals surface area contributed by atoms with E-state index in [1.807, 2.05) is 31.2 Å². The van der Waals surface area contributed by atoms with Crippen LogP contribution < -0.4 is 0 Å². The quantitative estimate of drug-likeness (QED) is 0.449. The van der Waals surface area contributed by atoms with Gasteiger partial charge in [0.15, 0.2) is 0 Å². The Bertz CT molecular complexity index is 649. The van der Waals surface area contributed by atoms with E-state index in [9.17, 15) is 0 Å². The van der Waals surface area contributed by atoms with Gasteiger partial charge >= 0.3 is 0 Å². The van der Waals surface area contributed by atoms with Crippen molar-refractivity contribution in [2.24, 2.45) is 0 Å². The number of hydrogen-bond acceptors (Lipinski definition) is 0. The van der Waals surface area contributed by atoms with Crippen LogP contribution in [-0.4, -0.2) is 0 Å². The molecule has 0 saturated heterocycles. The third-order valence-electron chi connectivity index (χ3n) is 3.03. The molecule has 2 aromatic rings. The Kier molecular flexibility index (Phi) is 5.36. The highest BCUT2D eigenvalue weighted by molar-refractivity contribution is 14.1. The summed E-state index contributed by atoms with van der Waals surface area (Å²) in [6, 6.07) is 17.1. The highest BCUT2D eigenvalue weighted by Crippen LogP contribution is 2.27. The minimum Gasteiger partial charge on any atom is -0.0984 e. The largest absolute Gasteiger partial charge is 0.0984 e. The lowest BCUT2D eigenvalue weighted by atomic mass is 9.99. The van der Waals surface area contributed by atoms with Gasteiger partial charge in [0.2, 0.25) is 0 Å². The SMILES string of the molecule is C=C/C(=C\C=C/C)c1cc(I)cc(-c2ccccc2)c1. The zero-order chi connectivity index (χ0) is 14.4. The summed E-state index contributed by atoms with van der Waals surface area (Å²) in [5, 5.41) is 0. The molecule has 0 aliphatic rings. The van der Waals surface area contributed by atoms with Crippen molar-refractivity contribution in [1.29, 1.82) is 0 Å². The van der Waals surface area contributed by atoms with Crippen LogP contribution >= 0.6 is 22.6 Å². The summed E-state index contributed by atoms with van der Waals surface area (Å²) >= 11 is 2.37. The topological polar surface area (TPSA) is 0 Å². The Morgan fingerprint density at radius 3 is 2.45 bits per heavy atom. The van der Waals surface area contributed by atoms with Crippen molar-refractivity contribution in [2.45, 2.75) is 6.92 Å². The third-order valence-corrected chi connectivity index (χ3v) is 3.65. The summed E-state index contributed by atoms with van der Waals surface area (Å²) in [6.45, 7) is 5.93. The van der Waals surface area contributed by atoms with E-state index in [4.69, 9.17) is 0 Å². The number of hydrogen-bond donors (Lipinski definition) is 0. The van der Waals surface area contributed by atoms with Gasteiger partial charge in [0.1, 0.15) is 0 Å². The van der Waals surface area contributed by atoms with Crippen molar-refractivity contribution in [3.63, 3.8) is 0 Å². The van der Waals surface area contributed by atoms with Crippen LogP contribution in [0.5, 0.6) is 0 Å². The first kappa shape index (κ1) is 14.8. The van der Waals surface area contributed by atoms with Gasteiger partial charge in [0.25, 0.3) is 0 Å². The van der Waals surface area contributed by atoms with Gasteiger partial charge in [0.05, 0.1) is 0 Å². The van der Waals surface area contributed by atoms with Gasteiger partial charge in [0, 0.05) is 3.57 Å². The Morgan fingerprint density at radius 1 is 1.05 bits per heavy atom. The average molecular weight is 372 g/mol. The first-order chi connectivity index (χ1) is 9.74. The van der Waals surface area contributed by atoms with Crippen molar-refractivity contribution in [3.8, 4) is 11.1 Å². The second-order valence-corrected chi connectivity index (χ2v) is 5.69. The summed E-state index contributed by atoms with van der Waals surface area (Å²) in [4.78, 5) is 0. The first-order valence-corrected chi connectivity index (χ1v) is 7.64. The first-order valence-electron chi connectivity index (χ1n) is 6.56. The van der Waals surface area contributed by atoms with Crippen molar-refractivity contribution >= 4 is 28.2 Å². The van der Waals surface area contributed by atoms with Crippen LogP contribution in [-0.2, 0) is 0 Å². The summed E-state index contributed by atoms with van der Waals surface area (Å²) < 4.78 is 1.23. The fraction of sp³-hybridized carbons (Fsp3) is 0.0526. The fourth-order valence-corrected chi connectivity index (χ4v) is 2.71. The molecule has 2 aromatic carbocycles. The third kappa shape index (κ3) is 3.70. The zero-order valence-electron chi connectivity index (χ0n) is 11.5. The molecule has 1 heteroatoms. The molecular weight excluding hydrogens is 355 g/mol. The van der Waals surface area contributed by atoms with Gasteiger partial charge in [-0.25, -0.2) is 0 Å². The highest BCUT2D eigenvalue weighted by Gasteiger charge is 2.04. The molecule has 0 radical (unpaired) electrons. The molecule has 100 valence electrons. The predicted octanol–water partition coefficient (Wildman–Crippen LogP) is 6.10. The number of benzene rings is 2. The molecule has 0 aromatic heterocycles. The number of allylic oxidation sites excluding steroid dienone is 5. The van der Waals surface area contributed by atoms with Crippen LogP contribution in [0.4, 0.5) is 0 Å². The Hall–Kier alpha value is -1.61. The van der Waals surface area contributed by atoms with E-state index in [2.05, 4.69) is 77.7 Å². The maximum absolute atomic E-state index is 3.92. The zero-order valence-corrected chi connectivity index (χ0v) is 13.7. The Morgan fingerprint density at radius 2 is 1.80 bits per heavy atom. The van der Waals surface area contributed by atoms with Crippen molar-refractivity contribution in [1.82, 2.24) is 0 Å². The Balaban J connectivity index is 2.51. The van der Waals surface area contributed by atoms with E-state index in [1.54, 1.807) is 0 Å². The number of rotatable bonds is 4. The molecule has 0 fully saturated rings. The predicted molar refractivity (Wildman–Crippen MR) is 97.6 cm³/mol. The molecule has 0 bridgehead atoms. The van der Waals surface area contributed by atoms with Gasteiger partial charge in [-0.2, -0.15) is 0 Å². The van der Waals surface area contributed by atoms with Crippen LogP contribution in [0, 0.1) is 3.57 Å². The monoisotopic (exact) mass is 372 g/mol. The van der Waals surface area contributed by atoms with Crippen molar-refractivity contribution in [2.75, 3.05) is 0 Å². The summed E-state index contributed by atoms with van der Waals surface area (Å²) in [6.07, 6.45) is 8.06. The van der Waals surface area contributed by atoms with Gasteiger partial charge < -0.3 is 0 Å². The van der Waals surface area contributed by atoms with Crippen LogP contribution in [0.2, 0.25) is 0 Å². The fourth-order valence-electron chi connectivity index (χ4n) is 2.04. The van der Waals surface area contributed by atoms with E-state index < -0.39 is 0 Å². The molecule has 20 heavy (non-hydrogen) atoms. The maximum Gasteiger partial charge on any atom is 0.0142 e. The molecule has 0 nitrogen and oxygen atoms in total. The molecule has 0 aliphatic carbocycles. The van der Waals surface area contributed by atoms with Gasteiger partial charge in [-0.05, 0) is 70.0 Å². The molecule has 0 saturated carbocycles. The second-order valence-electron chi connectivity index (χ2n) is 4.45. The van der Waals surface area contributed by atoms with Crippen LogP contribution in [0.25, 0.3) is 16.7 Å². The van der Waals surface area contributed by atoms with Crippen molar-refractivity contribution in [3.05, 3.63) is 88.5 Å². The highest BCUT2D eigenvalue weighted by atomic mass is 127. The van der Waals surface area contributed by atoms with E-state index in [1.165, 1.54) is 20.3 Å². The van der Waals surface area contributed by atoms with Gasteiger partial charge in [-0.1, -0.05) is 61.2 Å². The van der Waals surface area contributed by atoms with Crippen LogP contribution in [0.1, 0.15) is 12.5 Å². The average Bonchev–Trinajstić information content (AvgIpc) is 2.48. The van der Waals surface area contributed by atoms with Crippen LogP contribution in [0.15, 0.2) is 79.4 Å². The lowest BCUT2D eigenvalue weighted by Gasteiger charge is -2.08. The van der Waals surface area contributed by atoms with E-state index in [0.29, 0.717) is 0 Å². The molecule has 0 N–H and O–H groups in total. The standard InChI is InChI=1S/C19H17I/c1-3-5-9-15(4-2)17-12-18(14-19(20)13-17)16-10-7-6-8-11-16/h3-14H,2H2,1H3/b5-3-,15-9+. The number of halogens is 1. The molecular formula is C19H17I. The van der Waals surface area contributed by atoms with Gasteiger partial charge in [-0.3, -0.25) is 0 Å². The van der Waals surface area contributed by atoms with E-state index >= 15 is 0 Å². The maximum atomic E-state index is 3.92. The van der Waals surface area contributed by atoms with E-state index in [-0.39, 0.29) is 0 Å². The summed E-state index contributed by atoms with van der Waals surface area (Å²) in [5.74, 6) is 0. The molecule has 0 amide bonds. The molecule has 0 spiro atoms. The molecule has 0 aliphatic heterocycles. The lowest BCUT2D eigenvalue weighted by Crippen LogP contribution is -1.86. The van der Waals surface area contributed by atoms with Gasteiger partial charge in [-0.15, -0.1) is 0 Å². The second kappa shape index (κ2) is 7.25. The molecule has 2 rings (SSSR count). The minimum atomic E-state index is 1.14. The van der Waals surface area contributed by atoms with E-state index in [0.717, 1.165) is 5.57 Å². The van der Waals surface area contributed by atoms with Crippen LogP contribution in [0.3, 0.4) is 0 Å².